The Hall–Kier alpha value is -6.16. The number of aromatic nitrogens is 1. The molecule has 14 nitrogen and oxygen atoms in total. The molecule has 1 aliphatic heterocycles. The third-order valence-corrected chi connectivity index (χ3v) is 12.3. The van der Waals surface area contributed by atoms with Crippen LogP contribution in [0.15, 0.2) is 114 Å². The minimum absolute atomic E-state index is 0.00615. The standard InChI is InChI=1S/C49H55FN4O10/c1-4-26-62-49-45(53(30-33-14-16-35(50)17-15-33)48(57)63-38-20-18-37(19-21-38)54(58)59)29-43(52-60-3)41-27-34(11-5-7-24-55)40(13-6-8-25-56)46(47(41)49)42-28-39(22-23-44(42)64-49)61-31-36-12-9-10-32(2)51-36/h4,9-10,12,14-23,27-28,34,40,45-47,55-56H,1,5-8,11,13,24-26,29-31H2,2-3H3. The third-order valence-electron chi connectivity index (χ3n) is 12.3. The van der Waals surface area contributed by atoms with Gasteiger partial charge in [-0.15, -0.1) is 6.58 Å². The molecule has 1 aromatic heterocycles. The van der Waals surface area contributed by atoms with E-state index < -0.39 is 34.6 Å². The van der Waals surface area contributed by atoms with E-state index in [1.165, 1.54) is 48.4 Å². The Morgan fingerprint density at radius 1 is 1.03 bits per heavy atom. The molecule has 15 heteroatoms. The Morgan fingerprint density at radius 2 is 1.77 bits per heavy atom. The van der Waals surface area contributed by atoms with Crippen LogP contribution in [0.5, 0.6) is 17.2 Å². The summed E-state index contributed by atoms with van der Waals surface area (Å²) in [6.07, 6.45) is 7.35. The van der Waals surface area contributed by atoms with Crippen molar-refractivity contribution in [3.63, 3.8) is 0 Å². The number of amides is 1. The molecule has 3 aromatic carbocycles. The maximum absolute atomic E-state index is 14.9. The zero-order chi connectivity index (χ0) is 45.2. The molecule has 1 fully saturated rings. The first kappa shape index (κ1) is 45.9. The molecule has 338 valence electrons. The van der Waals surface area contributed by atoms with Crippen LogP contribution in [0.4, 0.5) is 14.9 Å². The molecule has 0 bridgehead atoms. The van der Waals surface area contributed by atoms with Crippen LogP contribution >= 0.6 is 0 Å². The van der Waals surface area contributed by atoms with Crippen molar-refractivity contribution in [2.45, 2.75) is 82.8 Å². The summed E-state index contributed by atoms with van der Waals surface area (Å²) in [7, 11) is 1.47. The lowest BCUT2D eigenvalue weighted by Gasteiger charge is -2.59. The molecule has 64 heavy (non-hydrogen) atoms. The number of carbonyl (C=O) groups is 1. The van der Waals surface area contributed by atoms with Crippen LogP contribution in [0.3, 0.4) is 0 Å². The van der Waals surface area contributed by atoms with Gasteiger partial charge in [0.15, 0.2) is 0 Å². The lowest BCUT2D eigenvalue weighted by Crippen LogP contribution is -2.70. The van der Waals surface area contributed by atoms with E-state index in [1.54, 1.807) is 18.2 Å². The average molecular weight is 879 g/mol. The maximum atomic E-state index is 14.9. The van der Waals surface area contributed by atoms with Gasteiger partial charge in [0, 0.05) is 55.5 Å². The van der Waals surface area contributed by atoms with E-state index in [0.717, 1.165) is 48.2 Å². The van der Waals surface area contributed by atoms with Gasteiger partial charge in [0.25, 0.3) is 5.69 Å². The minimum atomic E-state index is -1.61. The Morgan fingerprint density at radius 3 is 2.45 bits per heavy atom. The lowest BCUT2D eigenvalue weighted by atomic mass is 9.55. The minimum Gasteiger partial charge on any atom is -0.487 e. The van der Waals surface area contributed by atoms with Crippen molar-refractivity contribution in [2.75, 3.05) is 26.9 Å². The van der Waals surface area contributed by atoms with Crippen LogP contribution in [0.1, 0.15) is 73.4 Å². The fourth-order valence-corrected chi connectivity index (χ4v) is 9.57. The first-order chi connectivity index (χ1) is 31.1. The van der Waals surface area contributed by atoms with Crippen LogP contribution in [0.2, 0.25) is 0 Å². The maximum Gasteiger partial charge on any atom is 0.416 e. The number of hydrogen-bond acceptors (Lipinski definition) is 12. The number of hydrogen-bond donors (Lipinski definition) is 2. The number of pyridine rings is 1. The number of non-ortho nitro benzene ring substituents is 1. The van der Waals surface area contributed by atoms with Gasteiger partial charge in [-0.2, -0.15) is 0 Å². The zero-order valence-corrected chi connectivity index (χ0v) is 36.1. The van der Waals surface area contributed by atoms with E-state index in [1.807, 2.05) is 43.3 Å². The molecule has 2 aliphatic carbocycles. The summed E-state index contributed by atoms with van der Waals surface area (Å²) < 4.78 is 41.0. The summed E-state index contributed by atoms with van der Waals surface area (Å²) in [4.78, 5) is 37.4. The number of allylic oxidation sites excluding steroid dienone is 1. The van der Waals surface area contributed by atoms with E-state index in [9.17, 15) is 29.5 Å². The largest absolute Gasteiger partial charge is 0.487 e. The molecule has 2 heterocycles. The van der Waals surface area contributed by atoms with Crippen molar-refractivity contribution in [2.24, 2.45) is 22.9 Å². The number of carbonyl (C=O) groups excluding carboxylic acids is 1. The number of fused-ring (bicyclic) bond motifs is 2. The van der Waals surface area contributed by atoms with Gasteiger partial charge in [0.1, 0.15) is 42.8 Å². The molecule has 1 saturated carbocycles. The SMILES string of the molecule is C=CCOC12Oc3ccc(OCc4cccc(C)n4)cc3C3C(CCCCO)C(CCCCO)C=C(C(=NOC)CC1N(Cc1ccc(F)cc1)C(=O)Oc1ccc([N+](=O)[O-])cc1)C32. The predicted octanol–water partition coefficient (Wildman–Crippen LogP) is 8.98. The van der Waals surface area contributed by atoms with Crippen molar-refractivity contribution in [1.82, 2.24) is 9.88 Å². The first-order valence-corrected chi connectivity index (χ1v) is 21.7. The van der Waals surface area contributed by atoms with E-state index in [-0.39, 0.29) is 68.6 Å². The fraction of sp³-hybridized carbons (Fsp3) is 0.408. The number of oxime groups is 1. The molecule has 4 aromatic rings. The Kier molecular flexibility index (Phi) is 15.1. The highest BCUT2D eigenvalue weighted by Crippen LogP contribution is 2.62. The summed E-state index contributed by atoms with van der Waals surface area (Å²) in [6.45, 7) is 6.20. The molecule has 7 rings (SSSR count). The summed E-state index contributed by atoms with van der Waals surface area (Å²) in [5, 5.41) is 35.9. The average Bonchev–Trinajstić information content (AvgIpc) is 3.29. The second-order valence-electron chi connectivity index (χ2n) is 16.4. The summed E-state index contributed by atoms with van der Waals surface area (Å²) in [6, 6.07) is 21.5. The van der Waals surface area contributed by atoms with Crippen molar-refractivity contribution in [1.29, 1.82) is 0 Å². The Labute approximate surface area is 372 Å². The third kappa shape index (κ3) is 10.1. The first-order valence-electron chi connectivity index (χ1n) is 21.7. The van der Waals surface area contributed by atoms with Gasteiger partial charge in [0.2, 0.25) is 5.79 Å². The highest BCUT2D eigenvalue weighted by molar-refractivity contribution is 6.03. The second-order valence-corrected chi connectivity index (χ2v) is 16.4. The van der Waals surface area contributed by atoms with Gasteiger partial charge in [-0.1, -0.05) is 48.3 Å². The van der Waals surface area contributed by atoms with Crippen LogP contribution in [0.25, 0.3) is 0 Å². The molecule has 0 spiro atoms. The number of rotatable bonds is 20. The molecule has 0 saturated heterocycles. The molecule has 0 radical (unpaired) electrons. The van der Waals surface area contributed by atoms with Crippen molar-refractivity contribution >= 4 is 17.5 Å². The monoisotopic (exact) mass is 878 g/mol. The fourth-order valence-electron chi connectivity index (χ4n) is 9.57. The van der Waals surface area contributed by atoms with E-state index in [0.29, 0.717) is 35.6 Å². The van der Waals surface area contributed by atoms with Crippen LogP contribution in [-0.2, 0) is 22.7 Å². The smallest absolute Gasteiger partial charge is 0.416 e. The van der Waals surface area contributed by atoms with Crippen LogP contribution in [-0.4, -0.2) is 75.6 Å². The van der Waals surface area contributed by atoms with Crippen molar-refractivity contribution in [3.05, 3.63) is 148 Å². The number of benzene rings is 3. The number of unbranched alkanes of at least 4 members (excludes halogenated alkanes) is 2. The topological polar surface area (TPSA) is 175 Å². The molecule has 6 atom stereocenters. The molecular formula is C49H55FN4O10. The van der Waals surface area contributed by atoms with Gasteiger partial charge in [-0.25, -0.2) is 9.18 Å². The van der Waals surface area contributed by atoms with Crippen LogP contribution in [0, 0.1) is 40.6 Å². The number of aliphatic hydroxyl groups excluding tert-OH is 2. The quantitative estimate of drug-likeness (QED) is 0.0375. The van der Waals surface area contributed by atoms with Crippen molar-refractivity contribution < 1.29 is 48.1 Å². The predicted molar refractivity (Wildman–Crippen MR) is 236 cm³/mol. The molecule has 1 amide bonds. The summed E-state index contributed by atoms with van der Waals surface area (Å²) >= 11 is 0. The lowest BCUT2D eigenvalue weighted by molar-refractivity contribution is -0.384. The number of nitro groups is 1. The van der Waals surface area contributed by atoms with Gasteiger partial charge >= 0.3 is 6.09 Å². The second kappa shape index (κ2) is 21.0. The summed E-state index contributed by atoms with van der Waals surface area (Å²) in [5.74, 6) is -1.84. The Balaban J connectivity index is 1.42. The van der Waals surface area contributed by atoms with Crippen molar-refractivity contribution in [3.8, 4) is 17.2 Å². The van der Waals surface area contributed by atoms with E-state index in [2.05, 4.69) is 22.8 Å². The Bertz CT molecular complexity index is 2320. The summed E-state index contributed by atoms with van der Waals surface area (Å²) in [5.41, 5.74) is 4.34. The van der Waals surface area contributed by atoms with Crippen LogP contribution < -0.4 is 14.2 Å². The highest BCUT2D eigenvalue weighted by atomic mass is 19.1. The zero-order valence-electron chi connectivity index (χ0n) is 36.1. The normalized spacial score (nSPS) is 22.6. The van der Waals surface area contributed by atoms with Gasteiger partial charge in [-0.3, -0.25) is 20.0 Å². The number of nitrogens with zero attached hydrogens (tertiary/aromatic N) is 4. The van der Waals surface area contributed by atoms with Gasteiger partial charge in [-0.05, 0) is 110 Å². The molecule has 2 N–H and O–H groups in total. The number of ether oxygens (including phenoxy) is 4. The van der Waals surface area contributed by atoms with Gasteiger partial charge < -0.3 is 34.0 Å². The van der Waals surface area contributed by atoms with E-state index in [4.69, 9.17) is 23.8 Å². The van der Waals surface area contributed by atoms with Gasteiger partial charge in [0.05, 0.1) is 28.9 Å². The number of nitro benzene ring substituents is 1. The number of aliphatic hydroxyl groups is 2. The molecule has 6 unspecified atom stereocenters. The van der Waals surface area contributed by atoms with E-state index >= 15 is 0 Å². The number of halogens is 1. The molecule has 3 aliphatic rings. The highest BCUT2D eigenvalue weighted by Gasteiger charge is 2.65. The molecular weight excluding hydrogens is 824 g/mol. The number of aryl methyl sites for hydroxylation is 1.